The van der Waals surface area contributed by atoms with Crippen LogP contribution in [0.25, 0.3) is 82.5 Å². The lowest BCUT2D eigenvalue weighted by atomic mass is 9.34. The predicted molar refractivity (Wildman–Crippen MR) is 314 cm³/mol. The highest BCUT2D eigenvalue weighted by atomic mass is 16.5. The number of hydrogen-bond acceptors (Lipinski definition) is 1. The first-order valence-electron chi connectivity index (χ1n) is 26.6. The summed E-state index contributed by atoms with van der Waals surface area (Å²) in [7, 11) is 0. The summed E-state index contributed by atoms with van der Waals surface area (Å²) in [4.78, 5) is 0. The van der Waals surface area contributed by atoms with Crippen molar-refractivity contribution in [1.29, 1.82) is 0 Å². The summed E-state index contributed by atoms with van der Waals surface area (Å²) < 4.78 is 15.1. The predicted octanol–water partition coefficient (Wildman–Crippen LogP) is 16.4. The highest BCUT2D eigenvalue weighted by Gasteiger charge is 2.42. The van der Waals surface area contributed by atoms with Gasteiger partial charge in [0.05, 0.1) is 39.0 Å². The Hall–Kier alpha value is -6.98. The largest absolute Gasteiger partial charge is 0.458 e. The number of rotatable bonds is 2. The number of para-hydroxylation sites is 2. The average molecular weight is 954 g/mol. The minimum Gasteiger partial charge on any atom is -0.458 e. The van der Waals surface area contributed by atoms with Crippen LogP contribution in [0.4, 0.5) is 0 Å². The second-order valence-electron chi connectivity index (χ2n) is 26.8. The van der Waals surface area contributed by atoms with E-state index in [1.807, 2.05) is 0 Å². The Balaban J connectivity index is 1.17. The van der Waals surface area contributed by atoms with Gasteiger partial charge in [0.1, 0.15) is 11.5 Å². The molecule has 4 nitrogen and oxygen atoms in total. The number of ether oxygens (including phenoxy) is 1. The van der Waals surface area contributed by atoms with Crippen LogP contribution in [0.3, 0.4) is 0 Å². The van der Waals surface area contributed by atoms with Crippen LogP contribution >= 0.6 is 0 Å². The zero-order chi connectivity index (χ0) is 51.2. The SMILES string of the molecule is CC(C)(C)c1ccc2c(c1)B1c3c(cc(-n4c5ccccc5c5cccc(-n6c7ccc(C(C)(C)C)cc7c7cc(C(C)(C)C)ccc76)c54)cc3-n3c4ccc(C(C)(C)C)cc4c4cc(C(C)(C)C)cc1c43)O2. The second-order valence-corrected chi connectivity index (χ2v) is 26.8. The molecule has 0 spiro atoms. The van der Waals surface area contributed by atoms with Crippen LogP contribution in [0.5, 0.6) is 11.5 Å². The molecular weight excluding hydrogens is 886 g/mol. The van der Waals surface area contributed by atoms with Crippen LogP contribution in [0.15, 0.2) is 140 Å². The molecule has 2 aliphatic rings. The fraction of sp³-hybridized carbons (Fsp3) is 0.294. The van der Waals surface area contributed by atoms with E-state index in [-0.39, 0.29) is 33.8 Å². The Bertz CT molecular complexity index is 4120. The van der Waals surface area contributed by atoms with Crippen molar-refractivity contribution in [3.63, 3.8) is 0 Å². The Labute approximate surface area is 431 Å². The quantitative estimate of drug-likeness (QED) is 0.158. The van der Waals surface area contributed by atoms with Crippen molar-refractivity contribution in [2.75, 3.05) is 0 Å². The lowest BCUT2D eigenvalue weighted by Crippen LogP contribution is -2.58. The summed E-state index contributed by atoms with van der Waals surface area (Å²) in [6.07, 6.45) is 0. The average Bonchev–Trinajstić information content (AvgIpc) is 3.96. The third kappa shape index (κ3) is 6.72. The van der Waals surface area contributed by atoms with E-state index >= 15 is 0 Å². The normalized spacial score (nSPS) is 14.0. The molecule has 13 rings (SSSR count). The van der Waals surface area contributed by atoms with Gasteiger partial charge in [-0.1, -0.05) is 171 Å². The van der Waals surface area contributed by atoms with Crippen LogP contribution < -0.4 is 21.1 Å². The highest BCUT2D eigenvalue weighted by molar-refractivity contribution is 6.99. The van der Waals surface area contributed by atoms with E-state index < -0.39 is 0 Å². The summed E-state index contributed by atoms with van der Waals surface area (Å²) in [5.41, 5.74) is 21.0. The maximum absolute atomic E-state index is 7.38. The van der Waals surface area contributed by atoms with E-state index in [9.17, 15) is 0 Å². The van der Waals surface area contributed by atoms with Crippen molar-refractivity contribution in [2.45, 2.75) is 131 Å². The molecule has 0 aliphatic carbocycles. The number of fused-ring (bicyclic) bond motifs is 13. The van der Waals surface area contributed by atoms with Gasteiger partial charge >= 0.3 is 0 Å². The summed E-state index contributed by atoms with van der Waals surface area (Å²) in [5.74, 6) is 1.84. The molecule has 0 radical (unpaired) electrons. The number of aromatic nitrogens is 3. The van der Waals surface area contributed by atoms with Gasteiger partial charge in [0, 0.05) is 49.6 Å². The Morgan fingerprint density at radius 1 is 0.329 bits per heavy atom. The van der Waals surface area contributed by atoms with E-state index in [2.05, 4.69) is 257 Å². The minimum atomic E-state index is -0.0661. The maximum atomic E-state index is 7.38. The topological polar surface area (TPSA) is 24.0 Å². The molecule has 0 fully saturated rings. The van der Waals surface area contributed by atoms with Gasteiger partial charge in [-0.05, 0) is 138 Å². The molecule has 11 aromatic rings. The first-order chi connectivity index (χ1) is 34.4. The fourth-order valence-corrected chi connectivity index (χ4v) is 12.4. The summed E-state index contributed by atoms with van der Waals surface area (Å²) in [6, 6.07) is 54.3. The van der Waals surface area contributed by atoms with Gasteiger partial charge in [0.2, 0.25) is 0 Å². The molecular formula is C68H68BN3O. The summed E-state index contributed by atoms with van der Waals surface area (Å²) in [5, 5.41) is 7.62. The molecule has 8 aromatic carbocycles. The standard InChI is InChI=1S/C68H68BN3O/c1-64(2,3)39-23-27-54-47(31-39)48-32-40(65(4,5)6)24-28-55(48)71(54)57-22-18-20-46-45-19-16-17-21-53(45)70(63(46)57)44-37-58-61-60(38-44)73-59-30-26-42(67(10,11)12)35-51(59)69(61)52-36-43(68(13,14)15)34-50-49-33-41(66(7,8)9)25-29-56(49)72(58)62(50)52/h16-38H,1-15H3. The molecule has 5 heterocycles. The second kappa shape index (κ2) is 14.8. The van der Waals surface area contributed by atoms with Gasteiger partial charge in [-0.2, -0.15) is 0 Å². The third-order valence-electron chi connectivity index (χ3n) is 16.6. The van der Waals surface area contributed by atoms with Crippen molar-refractivity contribution in [3.05, 3.63) is 167 Å². The molecule has 5 heteroatoms. The van der Waals surface area contributed by atoms with Crippen LogP contribution in [0.2, 0.25) is 0 Å². The smallest absolute Gasteiger partial charge is 0.256 e. The van der Waals surface area contributed by atoms with Crippen molar-refractivity contribution in [2.24, 2.45) is 0 Å². The molecule has 2 aliphatic heterocycles. The lowest BCUT2D eigenvalue weighted by Gasteiger charge is -2.35. The molecule has 0 amide bonds. The lowest BCUT2D eigenvalue weighted by molar-refractivity contribution is 0.486. The van der Waals surface area contributed by atoms with Gasteiger partial charge in [0.25, 0.3) is 6.71 Å². The first-order valence-corrected chi connectivity index (χ1v) is 26.6. The monoisotopic (exact) mass is 954 g/mol. The zero-order valence-corrected chi connectivity index (χ0v) is 45.6. The Morgan fingerprint density at radius 2 is 0.808 bits per heavy atom. The van der Waals surface area contributed by atoms with Gasteiger partial charge < -0.3 is 18.4 Å². The Morgan fingerprint density at radius 3 is 1.40 bits per heavy atom. The van der Waals surface area contributed by atoms with Crippen LogP contribution in [0, 0.1) is 0 Å². The molecule has 0 atom stereocenters. The molecule has 0 saturated carbocycles. The fourth-order valence-electron chi connectivity index (χ4n) is 12.4. The first kappa shape index (κ1) is 45.9. The van der Waals surface area contributed by atoms with Crippen LogP contribution in [0.1, 0.15) is 132 Å². The molecule has 0 bridgehead atoms. The van der Waals surface area contributed by atoms with Gasteiger partial charge in [-0.3, -0.25) is 0 Å². The Kier molecular flexibility index (Phi) is 9.32. The highest BCUT2D eigenvalue weighted by Crippen LogP contribution is 2.46. The maximum Gasteiger partial charge on any atom is 0.256 e. The van der Waals surface area contributed by atoms with E-state index in [0.717, 1.165) is 28.4 Å². The third-order valence-corrected chi connectivity index (χ3v) is 16.6. The van der Waals surface area contributed by atoms with Crippen molar-refractivity contribution in [3.8, 4) is 28.6 Å². The number of hydrogen-bond donors (Lipinski definition) is 0. The van der Waals surface area contributed by atoms with Crippen LogP contribution in [-0.4, -0.2) is 20.4 Å². The number of benzene rings is 8. The van der Waals surface area contributed by atoms with Crippen LogP contribution in [-0.2, 0) is 27.1 Å². The molecule has 364 valence electrons. The summed E-state index contributed by atoms with van der Waals surface area (Å²) >= 11 is 0. The summed E-state index contributed by atoms with van der Waals surface area (Å²) in [6.45, 7) is 34.9. The molecule has 0 N–H and O–H groups in total. The van der Waals surface area contributed by atoms with E-state index in [0.29, 0.717) is 0 Å². The van der Waals surface area contributed by atoms with Crippen molar-refractivity contribution in [1.82, 2.24) is 13.7 Å². The molecule has 3 aromatic heterocycles. The van der Waals surface area contributed by atoms with E-state index in [1.54, 1.807) is 0 Å². The van der Waals surface area contributed by atoms with Gasteiger partial charge in [-0.15, -0.1) is 0 Å². The van der Waals surface area contributed by atoms with Crippen molar-refractivity contribution >= 4 is 88.5 Å². The van der Waals surface area contributed by atoms with E-state index in [4.69, 9.17) is 4.74 Å². The number of nitrogens with zero attached hydrogens (tertiary/aromatic N) is 3. The minimum absolute atomic E-state index is 0.000782. The zero-order valence-electron chi connectivity index (χ0n) is 45.6. The van der Waals surface area contributed by atoms with E-state index in [1.165, 1.54) is 110 Å². The van der Waals surface area contributed by atoms with Gasteiger partial charge in [-0.25, -0.2) is 0 Å². The van der Waals surface area contributed by atoms with Gasteiger partial charge in [0.15, 0.2) is 0 Å². The molecule has 73 heavy (non-hydrogen) atoms. The molecule has 0 saturated heterocycles. The molecule has 0 unspecified atom stereocenters. The van der Waals surface area contributed by atoms with Crippen molar-refractivity contribution < 1.29 is 4.74 Å².